The topological polar surface area (TPSA) is 306 Å². The lowest BCUT2D eigenvalue weighted by Crippen LogP contribution is -2.41. The molecule has 29 heteroatoms. The van der Waals surface area contributed by atoms with E-state index in [1.54, 1.807) is 84.8 Å². The molecule has 110 heavy (non-hydrogen) atoms. The van der Waals surface area contributed by atoms with Gasteiger partial charge in [-0.15, -0.1) is 0 Å². The number of amides is 4. The van der Waals surface area contributed by atoms with E-state index < -0.39 is 11.9 Å². The van der Waals surface area contributed by atoms with E-state index in [-0.39, 0.29) is 57.1 Å². The first kappa shape index (κ1) is 72.5. The third-order valence-corrected chi connectivity index (χ3v) is 24.8. The second kappa shape index (κ2) is 28.2. The highest BCUT2D eigenvalue weighted by molar-refractivity contribution is 6.30. The van der Waals surface area contributed by atoms with Gasteiger partial charge in [0.15, 0.2) is 0 Å². The van der Waals surface area contributed by atoms with Gasteiger partial charge in [0.05, 0.1) is 50.6 Å². The molecule has 6 spiro atoms. The molecule has 0 bridgehead atoms. The number of benzene rings is 1. The smallest absolute Gasteiger partial charge is 0.356 e. The highest BCUT2D eigenvalue weighted by atomic mass is 35.5. The number of carboxylic acid groups (broad SMARTS) is 1. The van der Waals surface area contributed by atoms with Crippen molar-refractivity contribution in [2.75, 3.05) is 130 Å². The van der Waals surface area contributed by atoms with Crippen LogP contribution in [0.5, 0.6) is 0 Å². The minimum atomic E-state index is -0.966. The zero-order chi connectivity index (χ0) is 76.1. The van der Waals surface area contributed by atoms with Crippen LogP contribution >= 0.6 is 23.2 Å². The summed E-state index contributed by atoms with van der Waals surface area (Å²) in [4.78, 5) is 114. The molecule has 8 fully saturated rings. The van der Waals surface area contributed by atoms with Crippen LogP contribution in [0.15, 0.2) is 110 Å². The molecule has 15 heterocycles. The molecule has 8 aliphatic heterocycles. The highest BCUT2D eigenvalue weighted by Crippen LogP contribution is 2.61. The van der Waals surface area contributed by atoms with Gasteiger partial charge in [-0.3, -0.25) is 29.1 Å². The molecule has 4 amide bonds. The summed E-state index contributed by atoms with van der Waals surface area (Å²) in [6.45, 7) is 13.3. The van der Waals surface area contributed by atoms with E-state index in [1.807, 2.05) is 52.8 Å². The lowest BCUT2D eigenvalue weighted by molar-refractivity contribution is -0.117. The first-order chi connectivity index (χ1) is 53.1. The molecule has 2 saturated heterocycles. The molecule has 4 N–H and O–H groups in total. The van der Waals surface area contributed by atoms with E-state index in [1.165, 1.54) is 79.6 Å². The molecule has 14 aliphatic rings. The van der Waals surface area contributed by atoms with Crippen molar-refractivity contribution in [1.82, 2.24) is 49.7 Å². The summed E-state index contributed by atoms with van der Waals surface area (Å²) >= 11 is 11.6. The fourth-order valence-corrected chi connectivity index (χ4v) is 17.0. The number of carbonyl (C=O) groups is 6. The quantitative estimate of drug-likeness (QED) is 0.0888. The first-order valence-corrected chi connectivity index (χ1v) is 38.4. The summed E-state index contributed by atoms with van der Waals surface area (Å²) in [7, 11) is 1.32. The zero-order valence-corrected chi connectivity index (χ0v) is 62.9. The molecular weight excluding hydrogens is 1450 g/mol. The van der Waals surface area contributed by atoms with Crippen molar-refractivity contribution in [3.05, 3.63) is 183 Å². The maximum absolute atomic E-state index is 14.1. The van der Waals surface area contributed by atoms with E-state index in [2.05, 4.69) is 65.5 Å². The van der Waals surface area contributed by atoms with Crippen LogP contribution in [0.25, 0.3) is 11.1 Å². The van der Waals surface area contributed by atoms with Gasteiger partial charge in [0.2, 0.25) is 17.8 Å². The number of nitrogens with one attached hydrogen (secondary N) is 3. The number of rotatable bonds is 6. The highest BCUT2D eigenvalue weighted by Gasteiger charge is 2.57. The Bertz CT molecular complexity index is 5060. The minimum Gasteiger partial charge on any atom is -0.477 e. The first-order valence-electron chi connectivity index (χ1n) is 37.7. The average molecular weight is 1530 g/mol. The maximum Gasteiger partial charge on any atom is 0.356 e. The number of hydrogen-bond donors (Lipinski definition) is 4. The number of carboxylic acids is 1. The van der Waals surface area contributed by atoms with Gasteiger partial charge < -0.3 is 59.8 Å². The molecular formula is C81H83Cl2FN16O10. The number of esters is 1. The second-order valence-corrected chi connectivity index (χ2v) is 32.2. The SMILES string of the molecule is CC(=O)N1CC2(CC2)c2cnc(Cl)cc21.COC(=O)c1cc2c(cn1)C1(CC1)CN2C(C)=O.Clc1cc2c(cn1)C1(CC1)CN2.O=C(O)c1cc2c(cn1)C1(CC1)CN2.O=C(c1cc2c(cn1)C1(CC1)CN2)N1CCOCC1.O=C(c1cc2c(cn1)C1(CC1)CN2c1ncc(-c2ccccc2F)cn1)N1CCOCC1. The van der Waals surface area contributed by atoms with Crippen LogP contribution in [-0.4, -0.2) is 189 Å². The number of hydrogen-bond acceptors (Lipinski definition) is 21. The van der Waals surface area contributed by atoms with Gasteiger partial charge in [-0.2, -0.15) is 0 Å². The van der Waals surface area contributed by atoms with Crippen molar-refractivity contribution >= 4 is 98.8 Å². The van der Waals surface area contributed by atoms with Crippen LogP contribution in [0.4, 0.5) is 44.5 Å². The van der Waals surface area contributed by atoms with Crippen LogP contribution in [0.2, 0.25) is 10.3 Å². The summed E-state index contributed by atoms with van der Waals surface area (Å²) in [5.41, 5.74) is 17.1. The van der Waals surface area contributed by atoms with Gasteiger partial charge in [0.25, 0.3) is 11.8 Å². The molecule has 6 aliphatic carbocycles. The Kier molecular flexibility index (Phi) is 18.6. The van der Waals surface area contributed by atoms with Crippen LogP contribution in [0, 0.1) is 5.82 Å². The van der Waals surface area contributed by atoms with Gasteiger partial charge in [-0.25, -0.2) is 43.9 Å². The van der Waals surface area contributed by atoms with Crippen LogP contribution < -0.4 is 30.7 Å². The third kappa shape index (κ3) is 13.7. The van der Waals surface area contributed by atoms with E-state index in [0.717, 1.165) is 111 Å². The Morgan fingerprint density at radius 2 is 0.855 bits per heavy atom. The van der Waals surface area contributed by atoms with Crippen molar-refractivity contribution in [3.8, 4) is 11.1 Å². The van der Waals surface area contributed by atoms with E-state index in [4.69, 9.17) is 37.8 Å². The number of fused-ring (bicyclic) bond motifs is 12. The summed E-state index contributed by atoms with van der Waals surface area (Å²) in [5, 5.41) is 19.8. The molecule has 568 valence electrons. The van der Waals surface area contributed by atoms with E-state index in [9.17, 15) is 33.2 Å². The number of morpholine rings is 2. The van der Waals surface area contributed by atoms with E-state index >= 15 is 0 Å². The molecule has 26 nitrogen and oxygen atoms in total. The van der Waals surface area contributed by atoms with Crippen LogP contribution in [-0.2, 0) is 56.3 Å². The maximum atomic E-state index is 14.1. The molecule has 8 aromatic rings. The number of pyridine rings is 6. The van der Waals surface area contributed by atoms with Gasteiger partial charge in [-0.05, 0) is 120 Å². The second-order valence-electron chi connectivity index (χ2n) is 31.4. The number of methoxy groups -OCH3 is 1. The molecule has 1 aromatic carbocycles. The van der Waals surface area contributed by atoms with Gasteiger partial charge >= 0.3 is 11.9 Å². The predicted octanol–water partition coefficient (Wildman–Crippen LogP) is 11.2. The summed E-state index contributed by atoms with van der Waals surface area (Å²) in [6, 6.07) is 17.4. The van der Waals surface area contributed by atoms with Crippen LogP contribution in [0.1, 0.15) is 166 Å². The monoisotopic (exact) mass is 1530 g/mol. The number of aromatic nitrogens is 8. The average Bonchev–Trinajstić information content (AvgIpc) is 1.57. The number of aromatic carboxylic acids is 1. The normalized spacial score (nSPS) is 20.3. The van der Waals surface area contributed by atoms with Crippen molar-refractivity contribution in [3.63, 3.8) is 0 Å². The van der Waals surface area contributed by atoms with Crippen molar-refractivity contribution < 1.29 is 52.5 Å². The largest absolute Gasteiger partial charge is 0.477 e. The number of carbonyl (C=O) groups excluding carboxylic acids is 5. The Balaban J connectivity index is 0.0000000995. The van der Waals surface area contributed by atoms with Gasteiger partial charge in [-0.1, -0.05) is 41.4 Å². The fourth-order valence-electron chi connectivity index (χ4n) is 16.7. The molecule has 6 saturated carbocycles. The summed E-state index contributed by atoms with van der Waals surface area (Å²) in [6.07, 6.45) is 28.4. The number of nitrogens with zero attached hydrogens (tertiary/aromatic N) is 13. The zero-order valence-electron chi connectivity index (χ0n) is 61.3. The Hall–Kier alpha value is -10.4. The molecule has 22 rings (SSSR count). The van der Waals surface area contributed by atoms with Gasteiger partial charge in [0, 0.05) is 223 Å². The minimum absolute atomic E-state index is 0.00189. The molecule has 0 atom stereocenters. The Labute approximate surface area is 644 Å². The third-order valence-electron chi connectivity index (χ3n) is 24.4. The Morgan fingerprint density at radius 1 is 0.464 bits per heavy atom. The number of anilines is 7. The van der Waals surface area contributed by atoms with Crippen molar-refractivity contribution in [2.45, 2.75) is 123 Å². The van der Waals surface area contributed by atoms with E-state index in [0.29, 0.717) is 114 Å². The van der Waals surface area contributed by atoms with Gasteiger partial charge in [0.1, 0.15) is 38.9 Å². The fraction of sp³-hybridized carbons (Fsp3) is 0.432. The predicted molar refractivity (Wildman–Crippen MR) is 409 cm³/mol. The molecule has 0 radical (unpaired) electrons. The lowest BCUT2D eigenvalue weighted by Gasteiger charge is -2.26. The summed E-state index contributed by atoms with van der Waals surface area (Å²) in [5.74, 6) is -1.17. The number of ether oxygens (including phenoxy) is 3. The Morgan fingerprint density at radius 3 is 1.33 bits per heavy atom. The summed E-state index contributed by atoms with van der Waals surface area (Å²) < 4.78 is 29.4. The standard InChI is InChI=1S/C24H22FN5O2.C14H17N3O2.C13H14N2O3.C11H11ClN2O.C10H10N2O2.C9H9ClN2/c25-19-4-2-1-3-17(19)16-12-27-23(28-13-16)30-15-24(5-6-24)18-14-26-20(11-21(18)30)22(31)29-7-9-32-10-8-29;18-13(17-3-5-19-6-4-17)12-7-11-10(8-15-12)14(1-2-14)9-16-11;1-8(16)15-7-13(3-4-13)9-6-14-10(5-11(9)15)12(17)18-2;1-7(15)14-6-11(2-3-11)8-5-13-10(12)4-9(8)14;13-9(14)8-3-7-6(4-11-8)10(1-2-10)5-12-7;10-8-3-7-6(4-11-8)9(1-2-9)5-12-7/h1-4,11-14H,5-10,15H2;7-8,16H,1-6,9H2;5-6H,3-4,7H2,1-2H3;4-5H,2-3,6H2,1H3;3-4,12H,1-2,5H2,(H,13,14);3-4,12H,1-2,5H2. The molecule has 0 unspecified atom stereocenters. The van der Waals surface area contributed by atoms with Crippen molar-refractivity contribution in [2.24, 2.45) is 0 Å². The molecule has 7 aromatic heterocycles. The van der Waals surface area contributed by atoms with Crippen LogP contribution in [0.3, 0.4) is 0 Å². The lowest BCUT2D eigenvalue weighted by atomic mass is 10.0. The van der Waals surface area contributed by atoms with Crippen molar-refractivity contribution in [1.29, 1.82) is 0 Å². The number of halogens is 3.